The number of carbonyl (C=O) groups excluding carboxylic acids is 3. The highest BCUT2D eigenvalue weighted by molar-refractivity contribution is 6.35. The number of Topliss-reactive ketones (excluding diaryl/α,β-unsaturated/α-hetero) is 1. The van der Waals surface area contributed by atoms with Crippen LogP contribution in [-0.2, 0) is 6.54 Å². The zero-order valence-corrected chi connectivity index (χ0v) is 12.8. The molecule has 0 N–H and O–H groups in total. The number of rotatable bonds is 4. The Kier molecular flexibility index (Phi) is 3.71. The number of hydrogen-bond donors (Lipinski definition) is 0. The number of hydrogen-bond acceptors (Lipinski definition) is 3. The summed E-state index contributed by atoms with van der Waals surface area (Å²) >= 11 is 6.09. The Morgan fingerprint density at radius 1 is 1.23 bits per heavy atom. The van der Waals surface area contributed by atoms with Gasteiger partial charge in [-0.1, -0.05) is 41.4 Å². The second kappa shape index (κ2) is 5.54. The predicted molar refractivity (Wildman–Crippen MR) is 83.1 cm³/mol. The number of fused-ring (bicyclic) bond motifs is 1. The first kappa shape index (κ1) is 14.7. The van der Waals surface area contributed by atoms with Crippen LogP contribution in [0.1, 0.15) is 54.8 Å². The van der Waals surface area contributed by atoms with Gasteiger partial charge in [-0.2, -0.15) is 0 Å². The van der Waals surface area contributed by atoms with Crippen molar-refractivity contribution in [2.24, 2.45) is 0 Å². The molecule has 0 spiro atoms. The van der Waals surface area contributed by atoms with E-state index in [2.05, 4.69) is 0 Å². The second-order valence-electron chi connectivity index (χ2n) is 5.46. The average Bonchev–Trinajstić information content (AvgIpc) is 3.04. The molecular formula is C17H14ClNO3. The molecule has 112 valence electrons. The summed E-state index contributed by atoms with van der Waals surface area (Å²) < 4.78 is 1.69. The van der Waals surface area contributed by atoms with Crippen LogP contribution in [0.4, 0.5) is 0 Å². The van der Waals surface area contributed by atoms with Gasteiger partial charge in [-0.25, -0.2) is 0 Å². The minimum atomic E-state index is -0.436. The van der Waals surface area contributed by atoms with E-state index in [1.165, 1.54) is 0 Å². The third-order valence-corrected chi connectivity index (χ3v) is 4.57. The summed E-state index contributed by atoms with van der Waals surface area (Å²) in [5.41, 5.74) is 2.77. The van der Waals surface area contributed by atoms with Crippen LogP contribution < -0.4 is 0 Å². The lowest BCUT2D eigenvalue weighted by Gasteiger charge is -2.10. The first-order chi connectivity index (χ1) is 10.6. The molecule has 0 radical (unpaired) electrons. The standard InChI is InChI=1S/C17H14ClNO3/c1-10-2-4-11(5-3-10)17(22)12-6-7-19-14(9-21)15(18)13(8-20)16(12)19/h2-5,8-9,12H,6-7H2,1H3. The average molecular weight is 316 g/mol. The van der Waals surface area contributed by atoms with Crippen LogP contribution in [0.15, 0.2) is 24.3 Å². The van der Waals surface area contributed by atoms with Gasteiger partial charge in [-0.15, -0.1) is 0 Å². The predicted octanol–water partition coefficient (Wildman–Crippen LogP) is 3.45. The summed E-state index contributed by atoms with van der Waals surface area (Å²) in [6, 6.07) is 7.33. The van der Waals surface area contributed by atoms with Crippen molar-refractivity contribution in [2.75, 3.05) is 0 Å². The van der Waals surface area contributed by atoms with Crippen molar-refractivity contribution in [1.29, 1.82) is 0 Å². The van der Waals surface area contributed by atoms with Crippen LogP contribution in [-0.4, -0.2) is 22.9 Å². The molecule has 22 heavy (non-hydrogen) atoms. The van der Waals surface area contributed by atoms with Gasteiger partial charge in [0, 0.05) is 17.8 Å². The summed E-state index contributed by atoms with van der Waals surface area (Å²) in [6.45, 7) is 2.47. The third kappa shape index (κ3) is 2.11. The Hall–Kier alpha value is -2.20. The van der Waals surface area contributed by atoms with Crippen molar-refractivity contribution in [3.8, 4) is 0 Å². The van der Waals surface area contributed by atoms with Crippen molar-refractivity contribution in [3.63, 3.8) is 0 Å². The topological polar surface area (TPSA) is 56.1 Å². The highest BCUT2D eigenvalue weighted by atomic mass is 35.5. The van der Waals surface area contributed by atoms with E-state index >= 15 is 0 Å². The first-order valence-electron chi connectivity index (χ1n) is 7.01. The van der Waals surface area contributed by atoms with Crippen molar-refractivity contribution >= 4 is 30.0 Å². The minimum absolute atomic E-state index is 0.0477. The number of nitrogens with zero attached hydrogens (tertiary/aromatic N) is 1. The molecule has 0 saturated carbocycles. The van der Waals surface area contributed by atoms with Crippen LogP contribution in [0.2, 0.25) is 5.02 Å². The van der Waals surface area contributed by atoms with Crippen LogP contribution >= 0.6 is 11.6 Å². The molecule has 1 aliphatic rings. The van der Waals surface area contributed by atoms with Crippen molar-refractivity contribution in [1.82, 2.24) is 4.57 Å². The molecule has 1 aromatic carbocycles. The van der Waals surface area contributed by atoms with Gasteiger partial charge < -0.3 is 4.57 Å². The maximum absolute atomic E-state index is 12.7. The van der Waals surface area contributed by atoms with E-state index in [0.29, 0.717) is 36.8 Å². The molecule has 0 bridgehead atoms. The molecule has 0 aliphatic carbocycles. The van der Waals surface area contributed by atoms with Crippen LogP contribution in [0, 0.1) is 6.92 Å². The quantitative estimate of drug-likeness (QED) is 0.641. The Morgan fingerprint density at radius 2 is 1.91 bits per heavy atom. The molecule has 0 fully saturated rings. The fraction of sp³-hybridized carbons (Fsp3) is 0.235. The summed E-state index contributed by atoms with van der Waals surface area (Å²) in [5.74, 6) is -0.484. The summed E-state index contributed by atoms with van der Waals surface area (Å²) in [6.07, 6.45) is 1.83. The maximum atomic E-state index is 12.7. The smallest absolute Gasteiger partial charge is 0.171 e. The van der Waals surface area contributed by atoms with E-state index in [1.54, 1.807) is 16.7 Å². The molecule has 1 unspecified atom stereocenters. The number of aryl methyl sites for hydroxylation is 1. The Morgan fingerprint density at radius 3 is 2.50 bits per heavy atom. The van der Waals surface area contributed by atoms with Gasteiger partial charge in [0.2, 0.25) is 0 Å². The van der Waals surface area contributed by atoms with Crippen LogP contribution in [0.5, 0.6) is 0 Å². The fourth-order valence-electron chi connectivity index (χ4n) is 3.06. The fourth-order valence-corrected chi connectivity index (χ4v) is 3.35. The van der Waals surface area contributed by atoms with E-state index in [0.717, 1.165) is 5.56 Å². The number of aldehydes is 2. The molecule has 1 atom stereocenters. The lowest BCUT2D eigenvalue weighted by molar-refractivity contribution is 0.0959. The lowest BCUT2D eigenvalue weighted by Crippen LogP contribution is -2.12. The second-order valence-corrected chi connectivity index (χ2v) is 5.83. The van der Waals surface area contributed by atoms with Crippen molar-refractivity contribution in [2.45, 2.75) is 25.8 Å². The van der Waals surface area contributed by atoms with Gasteiger partial charge in [0.15, 0.2) is 18.4 Å². The minimum Gasteiger partial charge on any atom is -0.340 e. The summed E-state index contributed by atoms with van der Waals surface area (Å²) in [4.78, 5) is 35.3. The molecule has 1 aliphatic heterocycles. The number of carbonyl (C=O) groups is 3. The van der Waals surface area contributed by atoms with E-state index in [1.807, 2.05) is 19.1 Å². The summed E-state index contributed by atoms with van der Waals surface area (Å²) in [5, 5.41) is 0.140. The Bertz CT molecular complexity index is 774. The molecule has 3 rings (SSSR count). The monoisotopic (exact) mass is 315 g/mol. The highest BCUT2D eigenvalue weighted by Gasteiger charge is 2.36. The summed E-state index contributed by atoms with van der Waals surface area (Å²) in [7, 11) is 0. The zero-order chi connectivity index (χ0) is 15.9. The van der Waals surface area contributed by atoms with Gasteiger partial charge in [-0.3, -0.25) is 14.4 Å². The van der Waals surface area contributed by atoms with E-state index in [4.69, 9.17) is 11.6 Å². The Balaban J connectivity index is 2.07. The molecule has 2 aromatic rings. The molecule has 0 saturated heterocycles. The van der Waals surface area contributed by atoms with Crippen molar-refractivity contribution < 1.29 is 14.4 Å². The molecule has 0 amide bonds. The molecule has 1 aromatic heterocycles. The molecule has 5 heteroatoms. The number of benzene rings is 1. The third-order valence-electron chi connectivity index (χ3n) is 4.17. The highest BCUT2D eigenvalue weighted by Crippen LogP contribution is 2.39. The SMILES string of the molecule is Cc1ccc(C(=O)C2CCn3c(C=O)c(Cl)c(C=O)c32)cc1. The van der Waals surface area contributed by atoms with Gasteiger partial charge in [0.05, 0.1) is 16.5 Å². The first-order valence-corrected chi connectivity index (χ1v) is 7.39. The lowest BCUT2D eigenvalue weighted by atomic mass is 9.91. The molecule has 2 heterocycles. The maximum Gasteiger partial charge on any atom is 0.171 e. The van der Waals surface area contributed by atoms with E-state index < -0.39 is 5.92 Å². The van der Waals surface area contributed by atoms with Gasteiger partial charge in [0.25, 0.3) is 0 Å². The molecule has 4 nitrogen and oxygen atoms in total. The number of halogens is 1. The largest absolute Gasteiger partial charge is 0.340 e. The van der Waals surface area contributed by atoms with Gasteiger partial charge in [0.1, 0.15) is 5.69 Å². The number of aromatic nitrogens is 1. The normalized spacial score (nSPS) is 16.4. The van der Waals surface area contributed by atoms with Gasteiger partial charge in [-0.05, 0) is 13.3 Å². The zero-order valence-electron chi connectivity index (χ0n) is 12.0. The number of ketones is 1. The van der Waals surface area contributed by atoms with Gasteiger partial charge >= 0.3 is 0 Å². The Labute approximate surface area is 132 Å². The van der Waals surface area contributed by atoms with Crippen LogP contribution in [0.25, 0.3) is 0 Å². The van der Waals surface area contributed by atoms with E-state index in [-0.39, 0.29) is 22.1 Å². The van der Waals surface area contributed by atoms with Crippen LogP contribution in [0.3, 0.4) is 0 Å². The molecular weight excluding hydrogens is 302 g/mol. The van der Waals surface area contributed by atoms with Crippen molar-refractivity contribution in [3.05, 3.63) is 57.4 Å². The van der Waals surface area contributed by atoms with E-state index in [9.17, 15) is 14.4 Å².